The molecule has 3 aromatic rings. The van der Waals surface area contributed by atoms with E-state index in [4.69, 9.17) is 9.72 Å². The van der Waals surface area contributed by atoms with Gasteiger partial charge in [0.15, 0.2) is 0 Å². The van der Waals surface area contributed by atoms with E-state index < -0.39 is 0 Å². The molecule has 0 atom stereocenters. The number of hydrogen-bond acceptors (Lipinski definition) is 5. The molecule has 0 spiro atoms. The van der Waals surface area contributed by atoms with E-state index in [1.165, 1.54) is 35.7 Å². The Morgan fingerprint density at radius 1 is 1.00 bits per heavy atom. The first-order valence-electron chi connectivity index (χ1n) is 11.5. The van der Waals surface area contributed by atoms with Gasteiger partial charge in [-0.3, -0.25) is 0 Å². The highest BCUT2D eigenvalue weighted by Gasteiger charge is 2.16. The molecule has 5 heteroatoms. The van der Waals surface area contributed by atoms with Crippen LogP contribution in [0.1, 0.15) is 37.9 Å². The predicted molar refractivity (Wildman–Crippen MR) is 129 cm³/mol. The Morgan fingerprint density at radius 2 is 1.84 bits per heavy atom. The number of ether oxygens (including phenoxy) is 1. The van der Waals surface area contributed by atoms with Crippen LogP contribution < -0.4 is 9.64 Å². The Bertz CT molecular complexity index is 1010. The topological polar surface area (TPSA) is 41.5 Å². The molecule has 1 aliphatic heterocycles. The van der Waals surface area contributed by atoms with Crippen molar-refractivity contribution < 1.29 is 4.74 Å². The number of piperidine rings is 1. The summed E-state index contributed by atoms with van der Waals surface area (Å²) >= 11 is 0. The van der Waals surface area contributed by atoms with Crippen LogP contribution in [0.2, 0.25) is 0 Å². The zero-order valence-corrected chi connectivity index (χ0v) is 19.1. The summed E-state index contributed by atoms with van der Waals surface area (Å²) in [7, 11) is 5.97. The zero-order chi connectivity index (χ0) is 21.6. The minimum Gasteiger partial charge on any atom is -0.497 e. The maximum atomic E-state index is 5.51. The number of unbranched alkanes of at least 4 members (excludes halogenated alkanes) is 1. The van der Waals surface area contributed by atoms with Gasteiger partial charge in [-0.1, -0.05) is 6.07 Å². The highest BCUT2D eigenvalue weighted by atomic mass is 16.5. The van der Waals surface area contributed by atoms with Crippen LogP contribution in [0, 0.1) is 0 Å². The van der Waals surface area contributed by atoms with Crippen LogP contribution >= 0.6 is 0 Å². The Balaban J connectivity index is 1.66. The van der Waals surface area contributed by atoms with Crippen LogP contribution in [0.3, 0.4) is 0 Å². The summed E-state index contributed by atoms with van der Waals surface area (Å²) in [5.41, 5.74) is 3.46. The third-order valence-corrected chi connectivity index (χ3v) is 6.09. The maximum Gasteiger partial charge on any atom is 0.128 e. The summed E-state index contributed by atoms with van der Waals surface area (Å²) < 4.78 is 5.51. The Morgan fingerprint density at radius 3 is 2.61 bits per heavy atom. The van der Waals surface area contributed by atoms with Crippen molar-refractivity contribution in [1.29, 1.82) is 0 Å². The average molecular weight is 419 g/mol. The monoisotopic (exact) mass is 418 g/mol. The van der Waals surface area contributed by atoms with E-state index in [9.17, 15) is 0 Å². The van der Waals surface area contributed by atoms with Crippen LogP contribution in [-0.2, 0) is 6.42 Å². The van der Waals surface area contributed by atoms with Gasteiger partial charge in [-0.2, -0.15) is 0 Å². The van der Waals surface area contributed by atoms with Crippen LogP contribution in [0.4, 0.5) is 5.69 Å². The van der Waals surface area contributed by atoms with Crippen LogP contribution in [0.15, 0.2) is 42.6 Å². The van der Waals surface area contributed by atoms with Crippen molar-refractivity contribution in [3.05, 3.63) is 48.4 Å². The van der Waals surface area contributed by atoms with Crippen molar-refractivity contribution in [2.75, 3.05) is 45.7 Å². The number of methoxy groups -OCH3 is 1. The van der Waals surface area contributed by atoms with Gasteiger partial charge in [0.2, 0.25) is 0 Å². The molecule has 4 rings (SSSR count). The molecule has 1 aliphatic rings. The van der Waals surface area contributed by atoms with E-state index in [0.29, 0.717) is 0 Å². The number of rotatable bonds is 8. The molecule has 164 valence electrons. The molecule has 0 amide bonds. The fourth-order valence-corrected chi connectivity index (χ4v) is 4.38. The van der Waals surface area contributed by atoms with Gasteiger partial charge in [0.25, 0.3) is 0 Å². The minimum atomic E-state index is 0.903. The third-order valence-electron chi connectivity index (χ3n) is 6.09. The summed E-state index contributed by atoms with van der Waals surface area (Å²) in [6.07, 6.45) is 8.92. The predicted octanol–water partition coefficient (Wildman–Crippen LogP) is 5.18. The van der Waals surface area contributed by atoms with Gasteiger partial charge in [-0.05, 0) is 88.5 Å². The molecule has 1 saturated heterocycles. The highest BCUT2D eigenvalue weighted by Crippen LogP contribution is 2.36. The summed E-state index contributed by atoms with van der Waals surface area (Å²) in [5.74, 6) is 1.84. The first-order chi connectivity index (χ1) is 15.1. The van der Waals surface area contributed by atoms with E-state index in [2.05, 4.69) is 53.1 Å². The molecule has 0 unspecified atom stereocenters. The molecule has 2 heterocycles. The van der Waals surface area contributed by atoms with Crippen molar-refractivity contribution in [2.24, 2.45) is 0 Å². The van der Waals surface area contributed by atoms with Crippen LogP contribution in [0.5, 0.6) is 5.75 Å². The first kappa shape index (κ1) is 21.6. The first-order valence-corrected chi connectivity index (χ1v) is 11.5. The van der Waals surface area contributed by atoms with E-state index in [-0.39, 0.29) is 0 Å². The largest absolute Gasteiger partial charge is 0.497 e. The lowest BCUT2D eigenvalue weighted by atomic mass is 10.00. The standard InChI is InChI=1S/C26H34N4O/c1-29(2)14-8-5-9-26-27-13-12-24(28-26)21-17-20-10-11-22(31-3)19-23(20)25(18-21)30-15-6-4-7-16-30/h10-13,17-19H,4-9,14-16H2,1-3H3. The van der Waals surface area contributed by atoms with Gasteiger partial charge in [0.1, 0.15) is 11.6 Å². The molecule has 0 aliphatic carbocycles. The summed E-state index contributed by atoms with van der Waals surface area (Å²) in [6, 6.07) is 13.0. The van der Waals surface area contributed by atoms with Gasteiger partial charge in [0, 0.05) is 42.3 Å². The number of hydrogen-bond donors (Lipinski definition) is 0. The minimum absolute atomic E-state index is 0.903. The molecule has 1 fully saturated rings. The fourth-order valence-electron chi connectivity index (χ4n) is 4.38. The second-order valence-corrected chi connectivity index (χ2v) is 8.75. The van der Waals surface area contributed by atoms with Crippen molar-refractivity contribution in [2.45, 2.75) is 38.5 Å². The average Bonchev–Trinajstić information content (AvgIpc) is 2.81. The molecule has 31 heavy (non-hydrogen) atoms. The van der Waals surface area contributed by atoms with Gasteiger partial charge in [-0.25, -0.2) is 9.97 Å². The SMILES string of the molecule is COc1ccc2cc(-c3ccnc(CCCCN(C)C)n3)cc(N3CCCCC3)c2c1. The quantitative estimate of drug-likeness (QED) is 0.472. The lowest BCUT2D eigenvalue weighted by molar-refractivity contribution is 0.393. The molecule has 2 aromatic carbocycles. The van der Waals surface area contributed by atoms with Gasteiger partial charge in [-0.15, -0.1) is 0 Å². The second-order valence-electron chi connectivity index (χ2n) is 8.75. The maximum absolute atomic E-state index is 5.51. The number of aromatic nitrogens is 2. The molecule has 0 radical (unpaired) electrons. The van der Waals surface area contributed by atoms with Gasteiger partial charge in [0.05, 0.1) is 12.8 Å². The molecule has 5 nitrogen and oxygen atoms in total. The number of fused-ring (bicyclic) bond motifs is 1. The van der Waals surface area contributed by atoms with Crippen molar-refractivity contribution in [3.63, 3.8) is 0 Å². The lowest BCUT2D eigenvalue weighted by Crippen LogP contribution is -2.29. The van der Waals surface area contributed by atoms with Gasteiger partial charge < -0.3 is 14.5 Å². The summed E-state index contributed by atoms with van der Waals surface area (Å²) in [5, 5.41) is 2.48. The molecular formula is C26H34N4O. The normalized spacial score (nSPS) is 14.4. The molecule has 0 bridgehead atoms. The Hall–Kier alpha value is -2.66. The zero-order valence-electron chi connectivity index (χ0n) is 19.1. The van der Waals surface area contributed by atoms with E-state index in [1.54, 1.807) is 7.11 Å². The fraction of sp³-hybridized carbons (Fsp3) is 0.462. The third kappa shape index (κ3) is 5.34. The van der Waals surface area contributed by atoms with Gasteiger partial charge >= 0.3 is 0 Å². The molecule has 0 saturated carbocycles. The van der Waals surface area contributed by atoms with E-state index in [1.807, 2.05) is 18.3 Å². The van der Waals surface area contributed by atoms with Crippen LogP contribution in [0.25, 0.3) is 22.0 Å². The Kier molecular flexibility index (Phi) is 7.03. The highest BCUT2D eigenvalue weighted by molar-refractivity contribution is 5.98. The van der Waals surface area contributed by atoms with E-state index >= 15 is 0 Å². The smallest absolute Gasteiger partial charge is 0.128 e. The number of benzene rings is 2. The van der Waals surface area contributed by atoms with Crippen LogP contribution in [-0.4, -0.2) is 55.7 Å². The van der Waals surface area contributed by atoms with Crippen molar-refractivity contribution in [1.82, 2.24) is 14.9 Å². The molecule has 1 aromatic heterocycles. The van der Waals surface area contributed by atoms with Crippen molar-refractivity contribution >= 4 is 16.5 Å². The molecular weight excluding hydrogens is 384 g/mol. The number of anilines is 1. The number of nitrogens with zero attached hydrogens (tertiary/aromatic N) is 4. The summed E-state index contributed by atoms with van der Waals surface area (Å²) in [6.45, 7) is 3.32. The summed E-state index contributed by atoms with van der Waals surface area (Å²) in [4.78, 5) is 14.2. The molecule has 0 N–H and O–H groups in total. The Labute approximate surface area is 186 Å². The number of aryl methyl sites for hydroxylation is 1. The lowest BCUT2D eigenvalue weighted by Gasteiger charge is -2.30. The van der Waals surface area contributed by atoms with E-state index in [0.717, 1.165) is 61.7 Å². The second kappa shape index (κ2) is 10.1. The van der Waals surface area contributed by atoms with Crippen molar-refractivity contribution in [3.8, 4) is 17.0 Å².